The maximum absolute atomic E-state index is 11.4. The number of hydrogen-bond donors (Lipinski definition) is 0. The molecule has 0 heterocycles. The summed E-state index contributed by atoms with van der Waals surface area (Å²) in [5.74, 6) is 0.00707. The van der Waals surface area contributed by atoms with Crippen molar-refractivity contribution in [1.29, 1.82) is 0 Å². The Morgan fingerprint density at radius 1 is 1.53 bits per heavy atom. The fourth-order valence-corrected chi connectivity index (χ4v) is 2.06. The number of hydrogen-bond acceptors (Lipinski definition) is 5. The molecule has 1 aromatic carbocycles. The van der Waals surface area contributed by atoms with Crippen LogP contribution in [0.4, 0.5) is 0 Å². The molecule has 6 heteroatoms. The molecule has 0 fully saturated rings. The van der Waals surface area contributed by atoms with Gasteiger partial charge < -0.3 is 0 Å². The molecule has 1 rings (SSSR count). The summed E-state index contributed by atoms with van der Waals surface area (Å²) in [5.41, 5.74) is 0. The molecule has 0 saturated carbocycles. The number of rotatable bonds is 6. The van der Waals surface area contributed by atoms with Crippen molar-refractivity contribution in [3.8, 4) is 0 Å². The van der Waals surface area contributed by atoms with Gasteiger partial charge in [0.15, 0.2) is 0 Å². The van der Waals surface area contributed by atoms with Gasteiger partial charge in [0.2, 0.25) is 0 Å². The van der Waals surface area contributed by atoms with Gasteiger partial charge in [0.05, 0.1) is 0 Å². The minimum atomic E-state index is -0.643. The predicted octanol–water partition coefficient (Wildman–Crippen LogP) is 1.40. The average molecular weight is 249 g/mol. The molecule has 4 nitrogen and oxygen atoms in total. The standard InChI is InChI=1S/C11H12BNO3S/c1-16-11(14)10(13-8-12-15)7-17-9-5-3-2-4-6-9/h2-6,8,10H,7H2,1H3/b13-8-. The molecule has 0 saturated heterocycles. The third-order valence-electron chi connectivity index (χ3n) is 1.95. The van der Waals surface area contributed by atoms with E-state index < -0.39 is 12.0 Å². The molecular formula is C11H12BNO3S. The Bertz CT molecular complexity index is 397. The van der Waals surface area contributed by atoms with Crippen molar-refractivity contribution in [3.05, 3.63) is 30.3 Å². The topological polar surface area (TPSA) is 55.7 Å². The number of nitrogens with zero attached hydrogens (tertiary/aromatic N) is 1. The van der Waals surface area contributed by atoms with Gasteiger partial charge in [-0.15, -0.1) is 0 Å². The average Bonchev–Trinajstić information content (AvgIpc) is 2.39. The Hall–Kier alpha value is -1.43. The van der Waals surface area contributed by atoms with Crippen molar-refractivity contribution in [2.45, 2.75) is 10.9 Å². The van der Waals surface area contributed by atoms with E-state index in [9.17, 15) is 9.50 Å². The summed E-state index contributed by atoms with van der Waals surface area (Å²) >= 11 is 1.49. The Kier molecular flexibility index (Phi) is 6.25. The van der Waals surface area contributed by atoms with Gasteiger partial charge in [-0.25, -0.2) is 0 Å². The molecular weight excluding hydrogens is 237 g/mol. The Morgan fingerprint density at radius 3 is 2.82 bits per heavy atom. The van der Waals surface area contributed by atoms with E-state index in [4.69, 9.17) is 0 Å². The van der Waals surface area contributed by atoms with E-state index in [0.29, 0.717) is 12.9 Å². The quantitative estimate of drug-likeness (QED) is 0.331. The van der Waals surface area contributed by atoms with Crippen LogP contribution in [0.1, 0.15) is 0 Å². The zero-order chi connectivity index (χ0) is 12.5. The number of esters is 1. The summed E-state index contributed by atoms with van der Waals surface area (Å²) in [6.07, 6.45) is 1.08. The van der Waals surface area contributed by atoms with E-state index >= 15 is 0 Å². The molecule has 1 unspecified atom stereocenters. The first-order chi connectivity index (χ1) is 8.27. The van der Waals surface area contributed by atoms with Crippen LogP contribution < -0.4 is 0 Å². The number of methoxy groups -OCH3 is 1. The van der Waals surface area contributed by atoms with Crippen LogP contribution >= 0.6 is 11.8 Å². The third kappa shape index (κ3) is 4.95. The van der Waals surface area contributed by atoms with Gasteiger partial charge in [0, 0.05) is 0 Å². The number of carbonyl (C=O) groups excluding carboxylic acids is 1. The molecule has 17 heavy (non-hydrogen) atoms. The van der Waals surface area contributed by atoms with Crippen LogP contribution in [-0.2, 0) is 14.2 Å². The van der Waals surface area contributed by atoms with Gasteiger partial charge in [0.1, 0.15) is 0 Å². The number of benzene rings is 1. The molecule has 0 N–H and O–H groups in total. The second-order valence-corrected chi connectivity index (χ2v) is 4.19. The van der Waals surface area contributed by atoms with E-state index in [0.717, 1.165) is 11.0 Å². The molecule has 0 spiro atoms. The van der Waals surface area contributed by atoms with Crippen LogP contribution in [0.5, 0.6) is 0 Å². The van der Waals surface area contributed by atoms with Crippen molar-refractivity contribution >= 4 is 31.0 Å². The predicted molar refractivity (Wildman–Crippen MR) is 67.9 cm³/mol. The van der Waals surface area contributed by atoms with Gasteiger partial charge in [-0.3, -0.25) is 0 Å². The molecule has 0 aromatic heterocycles. The second kappa shape index (κ2) is 7.78. The fraction of sp³-hybridized carbons (Fsp3) is 0.273. The minimum absolute atomic E-state index is 0.438. The van der Waals surface area contributed by atoms with Gasteiger partial charge in [-0.05, 0) is 0 Å². The van der Waals surface area contributed by atoms with Gasteiger partial charge >= 0.3 is 104 Å². The van der Waals surface area contributed by atoms with Crippen LogP contribution in [0.3, 0.4) is 0 Å². The molecule has 1 aromatic rings. The number of ether oxygens (including phenoxy) is 1. The third-order valence-corrected chi connectivity index (χ3v) is 3.04. The molecule has 88 valence electrons. The van der Waals surface area contributed by atoms with Crippen molar-refractivity contribution in [1.82, 2.24) is 0 Å². The summed E-state index contributed by atoms with van der Waals surface area (Å²) < 4.78 is 14.8. The molecule has 0 amide bonds. The van der Waals surface area contributed by atoms with Crippen LogP contribution in [0.25, 0.3) is 0 Å². The van der Waals surface area contributed by atoms with Gasteiger partial charge in [0.25, 0.3) is 0 Å². The van der Waals surface area contributed by atoms with Crippen molar-refractivity contribution < 1.29 is 14.2 Å². The van der Waals surface area contributed by atoms with Gasteiger partial charge in [-0.1, -0.05) is 0 Å². The second-order valence-electron chi connectivity index (χ2n) is 3.10. The van der Waals surface area contributed by atoms with Crippen LogP contribution in [0, 0.1) is 0 Å². The molecule has 0 radical (unpaired) electrons. The summed E-state index contributed by atoms with van der Waals surface area (Å²) in [4.78, 5) is 16.3. The maximum atomic E-state index is 11.4. The Labute approximate surface area is 105 Å². The van der Waals surface area contributed by atoms with E-state index in [-0.39, 0.29) is 0 Å². The monoisotopic (exact) mass is 249 g/mol. The first-order valence-electron chi connectivity index (χ1n) is 5.00. The number of aliphatic imine (C=N–C) groups is 1. The summed E-state index contributed by atoms with van der Waals surface area (Å²) in [6, 6.07) is 9.02. The van der Waals surface area contributed by atoms with E-state index in [1.807, 2.05) is 30.3 Å². The molecule has 0 bridgehead atoms. The Morgan fingerprint density at radius 2 is 2.24 bits per heavy atom. The number of carbonyl (C=O) groups is 1. The van der Waals surface area contributed by atoms with Crippen LogP contribution in [0.2, 0.25) is 0 Å². The molecule has 0 aliphatic heterocycles. The summed E-state index contributed by atoms with van der Waals surface area (Å²) in [7, 11) is 1.85. The first-order valence-corrected chi connectivity index (χ1v) is 5.99. The Balaban J connectivity index is 2.58. The van der Waals surface area contributed by atoms with Crippen molar-refractivity contribution in [2.75, 3.05) is 12.9 Å². The number of thioether (sulfide) groups is 1. The normalized spacial score (nSPS) is 12.1. The summed E-state index contributed by atoms with van der Waals surface area (Å²) in [6.45, 7) is 0. The van der Waals surface area contributed by atoms with Crippen molar-refractivity contribution in [2.24, 2.45) is 4.99 Å². The van der Waals surface area contributed by atoms with Crippen molar-refractivity contribution in [3.63, 3.8) is 0 Å². The summed E-state index contributed by atoms with van der Waals surface area (Å²) in [5, 5.41) is 0. The fourth-order valence-electron chi connectivity index (χ4n) is 1.14. The van der Waals surface area contributed by atoms with Crippen LogP contribution in [0.15, 0.2) is 40.2 Å². The molecule has 0 aliphatic carbocycles. The first kappa shape index (κ1) is 13.6. The van der Waals surface area contributed by atoms with E-state index in [1.54, 1.807) is 0 Å². The molecule has 1 atom stereocenters. The SMILES string of the molecule is COC(=O)C(CSc1ccccc1)/N=C\B=O. The van der Waals surface area contributed by atoms with E-state index in [1.165, 1.54) is 18.9 Å². The van der Waals surface area contributed by atoms with E-state index in [2.05, 4.69) is 9.73 Å². The zero-order valence-electron chi connectivity index (χ0n) is 9.41. The molecule has 0 aliphatic rings. The van der Waals surface area contributed by atoms with Gasteiger partial charge in [-0.2, -0.15) is 0 Å². The van der Waals surface area contributed by atoms with Crippen LogP contribution in [-0.4, -0.2) is 38.1 Å². The zero-order valence-corrected chi connectivity index (χ0v) is 10.2.